The Bertz CT molecular complexity index is 1070. The number of rotatable bonds is 6. The number of fused-ring (bicyclic) bond motifs is 1. The van der Waals surface area contributed by atoms with Gasteiger partial charge in [0, 0.05) is 6.07 Å². The zero-order valence-corrected chi connectivity index (χ0v) is 16.0. The van der Waals surface area contributed by atoms with Crippen molar-refractivity contribution >= 4 is 16.9 Å². The first kappa shape index (κ1) is 19.3. The van der Waals surface area contributed by atoms with Gasteiger partial charge in [-0.05, 0) is 38.1 Å². The van der Waals surface area contributed by atoms with Gasteiger partial charge in [0.25, 0.3) is 0 Å². The van der Waals surface area contributed by atoms with Gasteiger partial charge in [-0.25, -0.2) is 4.79 Å². The van der Waals surface area contributed by atoms with Gasteiger partial charge in [-0.1, -0.05) is 12.1 Å². The van der Waals surface area contributed by atoms with E-state index in [0.29, 0.717) is 34.0 Å². The van der Waals surface area contributed by atoms with E-state index in [1.807, 2.05) is 0 Å². The number of esters is 1. The number of carbonyl (C=O) groups is 1. The summed E-state index contributed by atoms with van der Waals surface area (Å²) in [5.74, 6) is 1.17. The summed E-state index contributed by atoms with van der Waals surface area (Å²) in [6.07, 6.45) is -0.788. The van der Waals surface area contributed by atoms with Crippen molar-refractivity contribution in [1.82, 2.24) is 0 Å². The Hall–Kier alpha value is -3.48. The lowest BCUT2D eigenvalue weighted by Crippen LogP contribution is -2.24. The SMILES string of the molecule is COC(=O)C(C)Oc1ccc2c(=O)c(Oc3ccccc3OC)c(C)oc2c1. The van der Waals surface area contributed by atoms with E-state index in [0.717, 1.165) is 0 Å². The van der Waals surface area contributed by atoms with Crippen LogP contribution in [0.25, 0.3) is 11.0 Å². The van der Waals surface area contributed by atoms with Gasteiger partial charge in [0.2, 0.25) is 11.2 Å². The van der Waals surface area contributed by atoms with Crippen molar-refractivity contribution in [3.8, 4) is 23.0 Å². The molecule has 0 aliphatic heterocycles. The van der Waals surface area contributed by atoms with Gasteiger partial charge >= 0.3 is 5.97 Å². The molecule has 0 fully saturated rings. The van der Waals surface area contributed by atoms with Crippen LogP contribution >= 0.6 is 0 Å². The number of hydrogen-bond acceptors (Lipinski definition) is 7. The first-order chi connectivity index (χ1) is 13.4. The van der Waals surface area contributed by atoms with Crippen molar-refractivity contribution in [2.24, 2.45) is 0 Å². The highest BCUT2D eigenvalue weighted by atomic mass is 16.6. The van der Waals surface area contributed by atoms with Crippen molar-refractivity contribution in [3.63, 3.8) is 0 Å². The minimum atomic E-state index is -0.788. The van der Waals surface area contributed by atoms with Gasteiger partial charge in [0.05, 0.1) is 19.6 Å². The molecule has 1 atom stereocenters. The zero-order valence-electron chi connectivity index (χ0n) is 16.0. The fraction of sp³-hybridized carbons (Fsp3) is 0.238. The smallest absolute Gasteiger partial charge is 0.346 e. The fourth-order valence-electron chi connectivity index (χ4n) is 2.69. The highest BCUT2D eigenvalue weighted by Crippen LogP contribution is 2.32. The summed E-state index contributed by atoms with van der Waals surface area (Å²) in [5, 5.41) is 0.327. The molecule has 0 saturated heterocycles. The van der Waals surface area contributed by atoms with Crippen LogP contribution in [0, 0.1) is 6.92 Å². The molecule has 0 spiro atoms. The predicted octanol–water partition coefficient (Wildman–Crippen LogP) is 3.84. The normalized spacial score (nSPS) is 11.7. The molecule has 0 amide bonds. The molecule has 0 aliphatic carbocycles. The second-order valence-electron chi connectivity index (χ2n) is 6.01. The van der Waals surface area contributed by atoms with Crippen molar-refractivity contribution < 1.29 is 28.2 Å². The maximum Gasteiger partial charge on any atom is 0.346 e. The maximum absolute atomic E-state index is 12.9. The van der Waals surface area contributed by atoms with E-state index in [1.54, 1.807) is 56.3 Å². The lowest BCUT2D eigenvalue weighted by molar-refractivity contribution is -0.147. The Kier molecular flexibility index (Phi) is 5.54. The van der Waals surface area contributed by atoms with Crippen LogP contribution in [0.1, 0.15) is 12.7 Å². The van der Waals surface area contributed by atoms with E-state index in [4.69, 9.17) is 18.6 Å². The van der Waals surface area contributed by atoms with Crippen LogP contribution in [0.15, 0.2) is 51.7 Å². The van der Waals surface area contributed by atoms with Crippen LogP contribution in [0.4, 0.5) is 0 Å². The van der Waals surface area contributed by atoms with Crippen LogP contribution in [0.3, 0.4) is 0 Å². The third kappa shape index (κ3) is 3.78. The molecule has 28 heavy (non-hydrogen) atoms. The average Bonchev–Trinajstić information content (AvgIpc) is 2.70. The molecule has 7 nitrogen and oxygen atoms in total. The van der Waals surface area contributed by atoms with Crippen LogP contribution < -0.4 is 19.6 Å². The van der Waals surface area contributed by atoms with Crippen molar-refractivity contribution in [2.45, 2.75) is 20.0 Å². The van der Waals surface area contributed by atoms with E-state index < -0.39 is 12.1 Å². The quantitative estimate of drug-likeness (QED) is 0.597. The maximum atomic E-state index is 12.9. The molecule has 0 N–H and O–H groups in total. The van der Waals surface area contributed by atoms with Crippen molar-refractivity contribution in [2.75, 3.05) is 14.2 Å². The summed E-state index contributed by atoms with van der Waals surface area (Å²) in [7, 11) is 2.81. The number of carbonyl (C=O) groups excluding carboxylic acids is 1. The number of ether oxygens (including phenoxy) is 4. The number of benzene rings is 2. The largest absolute Gasteiger partial charge is 0.493 e. The minimum absolute atomic E-state index is 0.0774. The van der Waals surface area contributed by atoms with Gasteiger partial charge in [0.1, 0.15) is 17.1 Å². The average molecular weight is 384 g/mol. The van der Waals surface area contributed by atoms with Gasteiger partial charge in [0.15, 0.2) is 17.6 Å². The topological polar surface area (TPSA) is 84.2 Å². The highest BCUT2D eigenvalue weighted by molar-refractivity contribution is 5.80. The minimum Gasteiger partial charge on any atom is -0.493 e. The Morgan fingerprint density at radius 2 is 1.79 bits per heavy atom. The third-order valence-corrected chi connectivity index (χ3v) is 4.11. The molecule has 3 rings (SSSR count). The molecule has 1 aromatic heterocycles. The Labute approximate surface area is 161 Å². The molecule has 1 unspecified atom stereocenters. The Balaban J connectivity index is 1.98. The second kappa shape index (κ2) is 8.04. The summed E-state index contributed by atoms with van der Waals surface area (Å²) >= 11 is 0. The van der Waals surface area contributed by atoms with E-state index in [9.17, 15) is 9.59 Å². The predicted molar refractivity (Wildman–Crippen MR) is 102 cm³/mol. The van der Waals surface area contributed by atoms with Gasteiger partial charge in [-0.3, -0.25) is 4.79 Å². The molecule has 0 bridgehead atoms. The fourth-order valence-corrected chi connectivity index (χ4v) is 2.69. The molecular formula is C21H20O7. The molecule has 146 valence electrons. The molecule has 7 heteroatoms. The summed E-state index contributed by atoms with van der Waals surface area (Å²) in [4.78, 5) is 24.4. The lowest BCUT2D eigenvalue weighted by atomic mass is 10.2. The molecular weight excluding hydrogens is 364 g/mol. The van der Waals surface area contributed by atoms with Crippen LogP contribution in [0.2, 0.25) is 0 Å². The van der Waals surface area contributed by atoms with E-state index >= 15 is 0 Å². The number of methoxy groups -OCH3 is 2. The standard InChI is InChI=1S/C21H20O7/c1-12-20(28-17-8-6-5-7-16(17)24-3)19(22)15-10-9-14(11-18(15)27-12)26-13(2)21(23)25-4/h5-11,13H,1-4H3. The van der Waals surface area contributed by atoms with E-state index in [-0.39, 0.29) is 11.2 Å². The molecule has 2 aromatic carbocycles. The van der Waals surface area contributed by atoms with Crippen molar-refractivity contribution in [3.05, 3.63) is 58.4 Å². The second-order valence-corrected chi connectivity index (χ2v) is 6.01. The molecule has 0 radical (unpaired) electrons. The molecule has 3 aromatic rings. The summed E-state index contributed by atoms with van der Waals surface area (Å²) in [6.45, 7) is 3.21. The van der Waals surface area contributed by atoms with E-state index in [1.165, 1.54) is 14.2 Å². The monoisotopic (exact) mass is 384 g/mol. The Morgan fingerprint density at radius 1 is 1.07 bits per heavy atom. The highest BCUT2D eigenvalue weighted by Gasteiger charge is 2.18. The first-order valence-corrected chi connectivity index (χ1v) is 8.57. The molecule has 1 heterocycles. The molecule has 0 aliphatic rings. The summed E-state index contributed by atoms with van der Waals surface area (Å²) < 4.78 is 27.0. The van der Waals surface area contributed by atoms with Crippen LogP contribution in [-0.2, 0) is 9.53 Å². The molecule has 0 saturated carbocycles. The number of hydrogen-bond donors (Lipinski definition) is 0. The zero-order chi connectivity index (χ0) is 20.3. The van der Waals surface area contributed by atoms with Gasteiger partial charge < -0.3 is 23.4 Å². The first-order valence-electron chi connectivity index (χ1n) is 8.57. The summed E-state index contributed by atoms with van der Waals surface area (Å²) in [6, 6.07) is 11.7. The van der Waals surface area contributed by atoms with Gasteiger partial charge in [-0.15, -0.1) is 0 Å². The Morgan fingerprint density at radius 3 is 2.46 bits per heavy atom. The number of para-hydroxylation sites is 2. The van der Waals surface area contributed by atoms with Crippen molar-refractivity contribution in [1.29, 1.82) is 0 Å². The van der Waals surface area contributed by atoms with E-state index in [2.05, 4.69) is 4.74 Å². The third-order valence-electron chi connectivity index (χ3n) is 4.11. The van der Waals surface area contributed by atoms with Gasteiger partial charge in [-0.2, -0.15) is 0 Å². The summed E-state index contributed by atoms with van der Waals surface area (Å²) in [5.41, 5.74) is 0.00154. The lowest BCUT2D eigenvalue weighted by Gasteiger charge is -2.14. The van der Waals surface area contributed by atoms with Crippen LogP contribution in [-0.4, -0.2) is 26.3 Å². The van der Waals surface area contributed by atoms with Crippen LogP contribution in [0.5, 0.6) is 23.0 Å². The number of aryl methyl sites for hydroxylation is 1.